The number of nitrogens with zero attached hydrogens (tertiary/aromatic N) is 4. The molecule has 0 aliphatic carbocycles. The van der Waals surface area contributed by atoms with Crippen LogP contribution in [0.1, 0.15) is 41.3 Å². The monoisotopic (exact) mass is 370 g/mol. The van der Waals surface area contributed by atoms with Crippen LogP contribution in [0.2, 0.25) is 0 Å². The Labute approximate surface area is 155 Å². The lowest BCUT2D eigenvalue weighted by Gasteiger charge is -2.22. The fourth-order valence-corrected chi connectivity index (χ4v) is 4.33. The standard InChI is InChI=1S/C18H22N6OS/c1-12(9-17-21-14-6-2-3-7-16(14)26-17)20-18(25)15-11-24(23-22-15)13-5-4-8-19-10-13/h2-3,6-7,11-13,19H,4-5,8-10H2,1H3,(H,20,25). The maximum atomic E-state index is 12.5. The lowest BCUT2D eigenvalue weighted by Crippen LogP contribution is -2.34. The SMILES string of the molecule is CC(Cc1nc2ccccc2s1)NC(=O)c1cn(C2CCCNC2)nn1. The lowest BCUT2D eigenvalue weighted by molar-refractivity contribution is 0.0935. The molecule has 8 heteroatoms. The maximum absolute atomic E-state index is 12.5. The second-order valence-electron chi connectivity index (χ2n) is 6.74. The van der Waals surface area contributed by atoms with Crippen molar-refractivity contribution >= 4 is 27.5 Å². The summed E-state index contributed by atoms with van der Waals surface area (Å²) < 4.78 is 2.98. The van der Waals surface area contributed by atoms with Crippen molar-refractivity contribution in [2.75, 3.05) is 13.1 Å². The van der Waals surface area contributed by atoms with E-state index in [-0.39, 0.29) is 18.0 Å². The first kappa shape index (κ1) is 17.1. The molecule has 3 aromatic rings. The van der Waals surface area contributed by atoms with Crippen LogP contribution in [-0.4, -0.2) is 45.0 Å². The van der Waals surface area contributed by atoms with E-state index in [1.807, 2.05) is 25.1 Å². The zero-order valence-electron chi connectivity index (χ0n) is 14.7. The van der Waals surface area contributed by atoms with Gasteiger partial charge < -0.3 is 10.6 Å². The van der Waals surface area contributed by atoms with Gasteiger partial charge in [-0.1, -0.05) is 17.3 Å². The van der Waals surface area contributed by atoms with Gasteiger partial charge in [-0.25, -0.2) is 9.67 Å². The minimum atomic E-state index is -0.186. The van der Waals surface area contributed by atoms with Crippen LogP contribution in [0.3, 0.4) is 0 Å². The Hall–Kier alpha value is -2.32. The minimum absolute atomic E-state index is 0.0236. The molecule has 0 spiro atoms. The number of hydrogen-bond acceptors (Lipinski definition) is 6. The fraction of sp³-hybridized carbons (Fsp3) is 0.444. The number of nitrogens with one attached hydrogen (secondary N) is 2. The molecule has 1 fully saturated rings. The Morgan fingerprint density at radius 3 is 3.15 bits per heavy atom. The molecule has 1 amide bonds. The number of fused-ring (bicyclic) bond motifs is 1. The quantitative estimate of drug-likeness (QED) is 0.719. The third-order valence-electron chi connectivity index (χ3n) is 4.58. The largest absolute Gasteiger partial charge is 0.348 e. The van der Waals surface area contributed by atoms with Gasteiger partial charge in [0.25, 0.3) is 5.91 Å². The number of carbonyl (C=O) groups excluding carboxylic acids is 1. The summed E-state index contributed by atoms with van der Waals surface area (Å²) in [7, 11) is 0. The molecule has 2 aromatic heterocycles. The summed E-state index contributed by atoms with van der Waals surface area (Å²) in [6.07, 6.45) is 4.62. The molecule has 1 aromatic carbocycles. The predicted molar refractivity (Wildman–Crippen MR) is 101 cm³/mol. The van der Waals surface area contributed by atoms with E-state index in [0.717, 1.165) is 36.5 Å². The molecule has 3 heterocycles. The van der Waals surface area contributed by atoms with E-state index in [0.29, 0.717) is 12.1 Å². The van der Waals surface area contributed by atoms with Crippen LogP contribution in [-0.2, 0) is 6.42 Å². The normalized spacial score (nSPS) is 18.7. The second kappa shape index (κ2) is 7.51. The zero-order valence-corrected chi connectivity index (χ0v) is 15.5. The van der Waals surface area contributed by atoms with Crippen LogP contribution >= 0.6 is 11.3 Å². The van der Waals surface area contributed by atoms with Crippen molar-refractivity contribution in [3.8, 4) is 0 Å². The first-order valence-corrected chi connectivity index (χ1v) is 9.78. The lowest BCUT2D eigenvalue weighted by atomic mass is 10.1. The molecule has 0 saturated carbocycles. The van der Waals surface area contributed by atoms with E-state index in [4.69, 9.17) is 0 Å². The molecule has 1 aliphatic heterocycles. The van der Waals surface area contributed by atoms with Crippen LogP contribution in [0.15, 0.2) is 30.5 Å². The van der Waals surface area contributed by atoms with Crippen molar-refractivity contribution in [2.45, 2.75) is 38.3 Å². The number of benzene rings is 1. The smallest absolute Gasteiger partial charge is 0.273 e. The summed E-state index contributed by atoms with van der Waals surface area (Å²) in [5.74, 6) is -0.186. The van der Waals surface area contributed by atoms with Gasteiger partial charge in [0.15, 0.2) is 5.69 Å². The number of hydrogen-bond donors (Lipinski definition) is 2. The van der Waals surface area contributed by atoms with Gasteiger partial charge in [-0.2, -0.15) is 0 Å². The highest BCUT2D eigenvalue weighted by atomic mass is 32.1. The Kier molecular flexibility index (Phi) is 4.94. The Balaban J connectivity index is 1.37. The third kappa shape index (κ3) is 3.76. The van der Waals surface area contributed by atoms with E-state index in [1.165, 1.54) is 4.70 Å². The van der Waals surface area contributed by atoms with Crippen molar-refractivity contribution in [3.63, 3.8) is 0 Å². The summed E-state index contributed by atoms with van der Waals surface area (Å²) in [6.45, 7) is 3.90. The number of rotatable bonds is 5. The Bertz CT molecular complexity index is 865. The van der Waals surface area contributed by atoms with Crippen LogP contribution < -0.4 is 10.6 Å². The molecule has 136 valence electrons. The topological polar surface area (TPSA) is 84.7 Å². The molecule has 0 bridgehead atoms. The number of piperidine rings is 1. The van der Waals surface area contributed by atoms with Crippen LogP contribution in [0.5, 0.6) is 0 Å². The minimum Gasteiger partial charge on any atom is -0.348 e. The summed E-state index contributed by atoms with van der Waals surface area (Å²) in [4.78, 5) is 17.1. The van der Waals surface area contributed by atoms with Gasteiger partial charge in [-0.3, -0.25) is 4.79 Å². The van der Waals surface area contributed by atoms with Gasteiger partial charge in [0.1, 0.15) is 0 Å². The van der Waals surface area contributed by atoms with Crippen molar-refractivity contribution in [1.82, 2.24) is 30.6 Å². The maximum Gasteiger partial charge on any atom is 0.273 e. The Morgan fingerprint density at radius 2 is 2.35 bits per heavy atom. The predicted octanol–water partition coefficient (Wildman–Crippen LogP) is 2.17. The number of aromatic nitrogens is 4. The average Bonchev–Trinajstić information content (AvgIpc) is 3.29. The van der Waals surface area contributed by atoms with E-state index in [9.17, 15) is 4.79 Å². The first-order chi connectivity index (χ1) is 12.7. The average molecular weight is 370 g/mol. The molecular weight excluding hydrogens is 348 g/mol. The highest BCUT2D eigenvalue weighted by Crippen LogP contribution is 2.22. The van der Waals surface area contributed by atoms with E-state index in [1.54, 1.807) is 22.2 Å². The van der Waals surface area contributed by atoms with Crippen molar-refractivity contribution in [1.29, 1.82) is 0 Å². The van der Waals surface area contributed by atoms with Gasteiger partial charge in [0.2, 0.25) is 0 Å². The molecule has 4 rings (SSSR count). The third-order valence-corrected chi connectivity index (χ3v) is 5.64. The molecule has 1 aliphatic rings. The van der Waals surface area contributed by atoms with Crippen molar-refractivity contribution < 1.29 is 4.79 Å². The molecule has 2 N–H and O–H groups in total. The summed E-state index contributed by atoms with van der Waals surface area (Å²) >= 11 is 1.67. The summed E-state index contributed by atoms with van der Waals surface area (Å²) in [6, 6.07) is 8.33. The molecule has 0 radical (unpaired) electrons. The fourth-order valence-electron chi connectivity index (χ4n) is 3.24. The summed E-state index contributed by atoms with van der Waals surface area (Å²) in [5.41, 5.74) is 1.38. The van der Waals surface area contributed by atoms with Crippen LogP contribution in [0.25, 0.3) is 10.2 Å². The van der Waals surface area contributed by atoms with Gasteiger partial charge in [-0.05, 0) is 38.4 Å². The van der Waals surface area contributed by atoms with E-state index < -0.39 is 0 Å². The molecule has 26 heavy (non-hydrogen) atoms. The van der Waals surface area contributed by atoms with Crippen LogP contribution in [0.4, 0.5) is 0 Å². The number of para-hydroxylation sites is 1. The van der Waals surface area contributed by atoms with Gasteiger partial charge in [-0.15, -0.1) is 16.4 Å². The zero-order chi connectivity index (χ0) is 17.9. The van der Waals surface area contributed by atoms with E-state index >= 15 is 0 Å². The highest BCUT2D eigenvalue weighted by molar-refractivity contribution is 7.18. The number of carbonyl (C=O) groups is 1. The van der Waals surface area contributed by atoms with Gasteiger partial charge >= 0.3 is 0 Å². The number of thiazole rings is 1. The number of amides is 1. The second-order valence-corrected chi connectivity index (χ2v) is 7.85. The van der Waals surface area contributed by atoms with Crippen molar-refractivity contribution in [2.24, 2.45) is 0 Å². The Morgan fingerprint density at radius 1 is 1.46 bits per heavy atom. The summed E-state index contributed by atoms with van der Waals surface area (Å²) in [5, 5.41) is 15.6. The molecule has 2 unspecified atom stereocenters. The van der Waals surface area contributed by atoms with Crippen LogP contribution in [0, 0.1) is 0 Å². The molecule has 2 atom stereocenters. The first-order valence-electron chi connectivity index (χ1n) is 8.97. The highest BCUT2D eigenvalue weighted by Gasteiger charge is 2.20. The molecule has 1 saturated heterocycles. The van der Waals surface area contributed by atoms with Gasteiger partial charge in [0, 0.05) is 19.0 Å². The van der Waals surface area contributed by atoms with Gasteiger partial charge in [0.05, 0.1) is 27.5 Å². The van der Waals surface area contributed by atoms with E-state index in [2.05, 4.69) is 32.0 Å². The molecule has 7 nitrogen and oxygen atoms in total. The molecular formula is C18H22N6OS. The van der Waals surface area contributed by atoms with Crippen molar-refractivity contribution in [3.05, 3.63) is 41.2 Å².